The third-order valence-corrected chi connectivity index (χ3v) is 2.95. The highest BCUT2D eigenvalue weighted by Crippen LogP contribution is 2.12. The Morgan fingerprint density at radius 3 is 2.10 bits per heavy atom. The summed E-state index contributed by atoms with van der Waals surface area (Å²) in [6, 6.07) is 7.69. The number of hydrogen-bond acceptors (Lipinski definition) is 3. The smallest absolute Gasteiger partial charge is 0.151 e. The van der Waals surface area contributed by atoms with Crippen molar-refractivity contribution in [1.82, 2.24) is 4.90 Å². The van der Waals surface area contributed by atoms with E-state index < -0.39 is 0 Å². The number of ketones is 1. The van der Waals surface area contributed by atoms with Gasteiger partial charge in [-0.1, -0.05) is 46.2 Å². The van der Waals surface area contributed by atoms with Crippen LogP contribution < -0.4 is 4.74 Å². The fourth-order valence-corrected chi connectivity index (χ4v) is 1.94. The van der Waals surface area contributed by atoms with E-state index >= 15 is 0 Å². The summed E-state index contributed by atoms with van der Waals surface area (Å²) in [5, 5.41) is 0. The van der Waals surface area contributed by atoms with Crippen LogP contribution in [0.15, 0.2) is 24.3 Å². The second-order valence-corrected chi connectivity index (χ2v) is 5.14. The fourth-order valence-electron chi connectivity index (χ4n) is 1.94. The highest BCUT2D eigenvalue weighted by atomic mass is 16.5. The van der Waals surface area contributed by atoms with Gasteiger partial charge in [0.25, 0.3) is 0 Å². The van der Waals surface area contributed by atoms with Crippen molar-refractivity contribution in [2.45, 2.75) is 47.0 Å². The second-order valence-electron chi connectivity index (χ2n) is 5.14. The zero-order chi connectivity index (χ0) is 16.1. The quantitative estimate of drug-likeness (QED) is 0.726. The van der Waals surface area contributed by atoms with E-state index in [0.29, 0.717) is 13.0 Å². The van der Waals surface area contributed by atoms with Crippen LogP contribution in [-0.2, 0) is 11.2 Å². The summed E-state index contributed by atoms with van der Waals surface area (Å²) in [5.41, 5.74) is 1.05. The Hall–Kier alpha value is -1.35. The number of likely N-dealkylation sites (N-methyl/N-ethyl adjacent to an activating group) is 1. The van der Waals surface area contributed by atoms with Gasteiger partial charge in [0, 0.05) is 6.42 Å². The zero-order valence-corrected chi connectivity index (χ0v) is 14.3. The van der Waals surface area contributed by atoms with Gasteiger partial charge >= 0.3 is 0 Å². The van der Waals surface area contributed by atoms with E-state index in [2.05, 4.69) is 32.6 Å². The van der Waals surface area contributed by atoms with Crippen molar-refractivity contribution in [3.63, 3.8) is 0 Å². The van der Waals surface area contributed by atoms with E-state index in [9.17, 15) is 4.79 Å². The largest absolute Gasteiger partial charge is 0.497 e. The molecule has 1 aromatic carbocycles. The van der Waals surface area contributed by atoms with Gasteiger partial charge in [-0.15, -0.1) is 0 Å². The minimum Gasteiger partial charge on any atom is -0.497 e. The second kappa shape index (κ2) is 12.4. The lowest BCUT2D eigenvalue weighted by atomic mass is 10.1. The van der Waals surface area contributed by atoms with Crippen LogP contribution >= 0.6 is 0 Å². The minimum atomic E-state index is 0.274. The van der Waals surface area contributed by atoms with Crippen LogP contribution in [0.2, 0.25) is 0 Å². The van der Waals surface area contributed by atoms with Crippen molar-refractivity contribution in [1.29, 1.82) is 0 Å². The number of benzene rings is 1. The molecule has 120 valence electrons. The Morgan fingerprint density at radius 2 is 1.67 bits per heavy atom. The lowest BCUT2D eigenvalue weighted by molar-refractivity contribution is -0.119. The molecule has 0 aliphatic carbocycles. The van der Waals surface area contributed by atoms with Gasteiger partial charge in [-0.3, -0.25) is 9.69 Å². The molecule has 0 aromatic heterocycles. The van der Waals surface area contributed by atoms with Crippen LogP contribution in [-0.4, -0.2) is 37.4 Å². The third kappa shape index (κ3) is 9.24. The molecule has 0 unspecified atom stereocenters. The van der Waals surface area contributed by atoms with Crippen LogP contribution in [0.3, 0.4) is 0 Å². The van der Waals surface area contributed by atoms with Gasteiger partial charge in [-0.2, -0.15) is 0 Å². The summed E-state index contributed by atoms with van der Waals surface area (Å²) in [7, 11) is 1.64. The molecular weight excluding hydrogens is 262 g/mol. The number of nitrogens with zero attached hydrogens (tertiary/aromatic N) is 1. The molecule has 0 aliphatic rings. The normalized spacial score (nSPS) is 10.0. The number of ether oxygens (including phenoxy) is 1. The van der Waals surface area contributed by atoms with Gasteiger partial charge in [0.2, 0.25) is 0 Å². The van der Waals surface area contributed by atoms with Crippen molar-refractivity contribution < 1.29 is 9.53 Å². The molecular formula is C18H31NO2. The van der Waals surface area contributed by atoms with Crippen molar-refractivity contribution in [2.24, 2.45) is 0 Å². The number of hydrogen-bond donors (Lipinski definition) is 0. The van der Waals surface area contributed by atoms with Crippen molar-refractivity contribution >= 4 is 5.78 Å². The molecule has 0 saturated carbocycles. The number of carbonyl (C=O) groups excluding carboxylic acids is 1. The van der Waals surface area contributed by atoms with Crippen molar-refractivity contribution in [3.8, 4) is 5.75 Å². The summed E-state index contributed by atoms with van der Waals surface area (Å²) in [6.45, 7) is 11.0. The van der Waals surface area contributed by atoms with Crippen LogP contribution in [0, 0.1) is 0 Å². The minimum absolute atomic E-state index is 0.274. The average Bonchev–Trinajstić information content (AvgIpc) is 2.48. The van der Waals surface area contributed by atoms with Crippen LogP contribution in [0.25, 0.3) is 0 Å². The molecule has 0 bridgehead atoms. The van der Waals surface area contributed by atoms with E-state index in [1.807, 2.05) is 24.3 Å². The van der Waals surface area contributed by atoms with Crippen LogP contribution in [0.1, 0.15) is 46.1 Å². The van der Waals surface area contributed by atoms with Crippen molar-refractivity contribution in [2.75, 3.05) is 26.7 Å². The summed E-state index contributed by atoms with van der Waals surface area (Å²) in [4.78, 5) is 14.1. The van der Waals surface area contributed by atoms with E-state index in [-0.39, 0.29) is 5.78 Å². The van der Waals surface area contributed by atoms with Gasteiger partial charge in [0.15, 0.2) is 5.78 Å². The summed E-state index contributed by atoms with van der Waals surface area (Å²) >= 11 is 0. The third-order valence-electron chi connectivity index (χ3n) is 2.95. The van der Waals surface area contributed by atoms with Gasteiger partial charge in [0.1, 0.15) is 5.75 Å². The van der Waals surface area contributed by atoms with Crippen LogP contribution in [0.4, 0.5) is 0 Å². The maximum absolute atomic E-state index is 11.9. The Kier molecular flexibility index (Phi) is 11.6. The number of rotatable bonds is 8. The van der Waals surface area contributed by atoms with E-state index in [1.165, 1.54) is 6.42 Å². The molecule has 0 spiro atoms. The summed E-state index contributed by atoms with van der Waals surface area (Å²) in [5.74, 6) is 1.10. The molecule has 1 rings (SSSR count). The summed E-state index contributed by atoms with van der Waals surface area (Å²) < 4.78 is 5.09. The first-order valence-corrected chi connectivity index (χ1v) is 7.98. The molecule has 0 aliphatic heterocycles. The Balaban J connectivity index is 0.00000122. The molecule has 0 radical (unpaired) electrons. The zero-order valence-electron chi connectivity index (χ0n) is 14.3. The SMILES string of the molecule is CCC.CCCN(CC)CC(=O)Cc1ccc(OC)cc1. The number of methoxy groups -OCH3 is 1. The van der Waals surface area contributed by atoms with Gasteiger partial charge < -0.3 is 4.74 Å². The predicted octanol–water partition coefficient (Wildman–Crippen LogP) is 3.96. The molecule has 0 atom stereocenters. The molecule has 21 heavy (non-hydrogen) atoms. The molecule has 0 saturated heterocycles. The standard InChI is InChI=1S/C15H23NO2.C3H8/c1-4-10-16(5-2)12-14(17)11-13-6-8-15(18-3)9-7-13;1-3-2/h6-9H,4-5,10-12H2,1-3H3;3H2,1-2H3. The van der Waals surface area contributed by atoms with Crippen LogP contribution in [0.5, 0.6) is 5.75 Å². The maximum atomic E-state index is 11.9. The topological polar surface area (TPSA) is 29.5 Å². The number of carbonyl (C=O) groups is 1. The molecule has 3 heteroatoms. The molecule has 0 heterocycles. The lowest BCUT2D eigenvalue weighted by Crippen LogP contribution is -2.31. The Morgan fingerprint density at radius 1 is 1.10 bits per heavy atom. The van der Waals surface area contributed by atoms with E-state index in [1.54, 1.807) is 7.11 Å². The lowest BCUT2D eigenvalue weighted by Gasteiger charge is -2.18. The van der Waals surface area contributed by atoms with E-state index in [0.717, 1.165) is 30.8 Å². The van der Waals surface area contributed by atoms with Crippen molar-refractivity contribution in [3.05, 3.63) is 29.8 Å². The predicted molar refractivity (Wildman–Crippen MR) is 90.1 cm³/mol. The van der Waals surface area contributed by atoms with Gasteiger partial charge in [-0.25, -0.2) is 0 Å². The first-order chi connectivity index (χ1) is 10.1. The Bertz CT molecular complexity index is 373. The molecule has 1 aromatic rings. The average molecular weight is 293 g/mol. The maximum Gasteiger partial charge on any atom is 0.151 e. The Labute approximate surface area is 130 Å². The number of Topliss-reactive ketones (excluding diaryl/α,β-unsaturated/α-hetero) is 1. The fraction of sp³-hybridized carbons (Fsp3) is 0.611. The first-order valence-electron chi connectivity index (χ1n) is 7.98. The molecule has 3 nitrogen and oxygen atoms in total. The molecule has 0 fully saturated rings. The molecule has 0 amide bonds. The summed E-state index contributed by atoms with van der Waals surface area (Å²) in [6.07, 6.45) is 2.84. The van der Waals surface area contributed by atoms with Gasteiger partial charge in [0.05, 0.1) is 13.7 Å². The first kappa shape index (κ1) is 19.7. The highest BCUT2D eigenvalue weighted by Gasteiger charge is 2.09. The van der Waals surface area contributed by atoms with Gasteiger partial charge in [-0.05, 0) is 37.2 Å². The van der Waals surface area contributed by atoms with E-state index in [4.69, 9.17) is 4.74 Å². The monoisotopic (exact) mass is 293 g/mol. The molecule has 0 N–H and O–H groups in total. The highest BCUT2D eigenvalue weighted by molar-refractivity contribution is 5.82.